The first-order valence-corrected chi connectivity index (χ1v) is 5.66. The molecule has 1 nitrogen and oxygen atoms in total. The van der Waals surface area contributed by atoms with Crippen LogP contribution in [0, 0.1) is 0 Å². The summed E-state index contributed by atoms with van der Waals surface area (Å²) in [5.41, 5.74) is 2.32. The van der Waals surface area contributed by atoms with Crippen molar-refractivity contribution in [2.24, 2.45) is 0 Å². The van der Waals surface area contributed by atoms with Gasteiger partial charge in [-0.15, -0.1) is 0 Å². The van der Waals surface area contributed by atoms with E-state index in [4.69, 9.17) is 11.6 Å². The lowest BCUT2D eigenvalue weighted by atomic mass is 10.0. The van der Waals surface area contributed by atoms with E-state index >= 15 is 0 Å². The number of aldehydes is 1. The highest BCUT2D eigenvalue weighted by atomic mass is 35.5. The van der Waals surface area contributed by atoms with Crippen LogP contribution in [0.4, 0.5) is 0 Å². The molecule has 0 aromatic heterocycles. The summed E-state index contributed by atoms with van der Waals surface area (Å²) < 4.78 is 0. The first-order valence-electron chi connectivity index (χ1n) is 5.28. The molecule has 0 bridgehead atoms. The standard InChI is InChI=1S/C15H11ClO/c16-15-9-5-4-8-14(15)13(11-17)10-12-6-2-1-3-7-12/h1-11H. The molecule has 0 saturated heterocycles. The van der Waals surface area contributed by atoms with Crippen molar-refractivity contribution in [2.75, 3.05) is 0 Å². The summed E-state index contributed by atoms with van der Waals surface area (Å²) in [5.74, 6) is 0. The Labute approximate surface area is 105 Å². The first kappa shape index (κ1) is 11.6. The zero-order valence-corrected chi connectivity index (χ0v) is 9.89. The summed E-state index contributed by atoms with van der Waals surface area (Å²) >= 11 is 6.06. The number of carbonyl (C=O) groups is 1. The minimum Gasteiger partial charge on any atom is -0.298 e. The van der Waals surface area contributed by atoms with Gasteiger partial charge < -0.3 is 0 Å². The van der Waals surface area contributed by atoms with E-state index in [0.29, 0.717) is 10.6 Å². The van der Waals surface area contributed by atoms with Crippen molar-refractivity contribution in [1.29, 1.82) is 0 Å². The number of hydrogen-bond acceptors (Lipinski definition) is 1. The average molecular weight is 243 g/mol. The predicted molar refractivity (Wildman–Crippen MR) is 71.8 cm³/mol. The van der Waals surface area contributed by atoms with Crippen molar-refractivity contribution in [2.45, 2.75) is 0 Å². The van der Waals surface area contributed by atoms with E-state index in [1.165, 1.54) is 0 Å². The van der Waals surface area contributed by atoms with Gasteiger partial charge in [-0.05, 0) is 17.7 Å². The average Bonchev–Trinajstić information content (AvgIpc) is 2.38. The number of hydrogen-bond donors (Lipinski definition) is 0. The third kappa shape index (κ3) is 2.83. The summed E-state index contributed by atoms with van der Waals surface area (Å²) in [7, 11) is 0. The number of carbonyl (C=O) groups excluding carboxylic acids is 1. The van der Waals surface area contributed by atoms with Crippen molar-refractivity contribution < 1.29 is 4.79 Å². The van der Waals surface area contributed by atoms with Crippen LogP contribution >= 0.6 is 11.6 Å². The van der Waals surface area contributed by atoms with E-state index in [-0.39, 0.29) is 0 Å². The molecular weight excluding hydrogens is 232 g/mol. The van der Waals surface area contributed by atoms with Gasteiger partial charge in [0, 0.05) is 16.2 Å². The second-order valence-electron chi connectivity index (χ2n) is 3.61. The fraction of sp³-hybridized carbons (Fsp3) is 0. The molecule has 17 heavy (non-hydrogen) atoms. The van der Waals surface area contributed by atoms with Gasteiger partial charge >= 0.3 is 0 Å². The van der Waals surface area contributed by atoms with E-state index in [0.717, 1.165) is 17.4 Å². The van der Waals surface area contributed by atoms with Gasteiger partial charge in [-0.3, -0.25) is 4.79 Å². The Bertz CT molecular complexity index is 544. The monoisotopic (exact) mass is 242 g/mol. The summed E-state index contributed by atoms with van der Waals surface area (Å²) in [5, 5.41) is 0.585. The molecule has 2 heteroatoms. The normalized spacial score (nSPS) is 11.2. The smallest absolute Gasteiger partial charge is 0.150 e. The predicted octanol–water partition coefficient (Wildman–Crippen LogP) is 4.08. The summed E-state index contributed by atoms with van der Waals surface area (Å²) in [4.78, 5) is 11.1. The molecule has 0 heterocycles. The molecule has 0 unspecified atom stereocenters. The van der Waals surface area contributed by atoms with Gasteiger partial charge in [0.15, 0.2) is 6.29 Å². The van der Waals surface area contributed by atoms with Gasteiger partial charge in [-0.2, -0.15) is 0 Å². The van der Waals surface area contributed by atoms with Crippen LogP contribution in [0.25, 0.3) is 11.6 Å². The number of halogens is 1. The molecule has 0 atom stereocenters. The van der Waals surface area contributed by atoms with Gasteiger partial charge in [-0.25, -0.2) is 0 Å². The molecule has 0 aliphatic rings. The molecule has 0 saturated carbocycles. The Hall–Kier alpha value is -1.86. The lowest BCUT2D eigenvalue weighted by molar-refractivity contribution is -0.103. The van der Waals surface area contributed by atoms with E-state index in [1.807, 2.05) is 54.6 Å². The number of benzene rings is 2. The van der Waals surface area contributed by atoms with E-state index in [1.54, 1.807) is 6.07 Å². The van der Waals surface area contributed by atoms with Crippen LogP contribution in [0.1, 0.15) is 11.1 Å². The Morgan fingerprint density at radius 1 is 0.941 bits per heavy atom. The highest BCUT2D eigenvalue weighted by Crippen LogP contribution is 2.23. The van der Waals surface area contributed by atoms with Crippen LogP contribution in [-0.2, 0) is 4.79 Å². The Balaban J connectivity index is 2.45. The maximum Gasteiger partial charge on any atom is 0.150 e. The quantitative estimate of drug-likeness (QED) is 0.450. The SMILES string of the molecule is O=CC(=Cc1ccccc1)c1ccccc1Cl. The molecule has 0 radical (unpaired) electrons. The fourth-order valence-corrected chi connectivity index (χ4v) is 1.84. The van der Waals surface area contributed by atoms with Crippen LogP contribution in [0.15, 0.2) is 54.6 Å². The number of rotatable bonds is 3. The lowest BCUT2D eigenvalue weighted by Gasteiger charge is -2.03. The summed E-state index contributed by atoms with van der Waals surface area (Å²) in [6.45, 7) is 0. The van der Waals surface area contributed by atoms with Crippen LogP contribution in [0.5, 0.6) is 0 Å². The van der Waals surface area contributed by atoms with Crippen LogP contribution in [0.2, 0.25) is 5.02 Å². The molecular formula is C15H11ClO. The Morgan fingerprint density at radius 3 is 2.24 bits per heavy atom. The van der Waals surface area contributed by atoms with Gasteiger partial charge in [0.05, 0.1) is 0 Å². The minimum atomic E-state index is 0.585. The zero-order chi connectivity index (χ0) is 12.1. The molecule has 2 aromatic rings. The van der Waals surface area contributed by atoms with Crippen molar-refractivity contribution >= 4 is 29.5 Å². The molecule has 2 rings (SSSR count). The first-order chi connectivity index (χ1) is 8.31. The molecule has 0 amide bonds. The molecule has 0 spiro atoms. The van der Waals surface area contributed by atoms with Crippen LogP contribution in [-0.4, -0.2) is 6.29 Å². The topological polar surface area (TPSA) is 17.1 Å². The molecule has 2 aromatic carbocycles. The highest BCUT2D eigenvalue weighted by molar-refractivity contribution is 6.34. The van der Waals surface area contributed by atoms with Crippen molar-refractivity contribution in [1.82, 2.24) is 0 Å². The van der Waals surface area contributed by atoms with Gasteiger partial charge in [0.1, 0.15) is 0 Å². The lowest BCUT2D eigenvalue weighted by Crippen LogP contribution is -1.87. The Kier molecular flexibility index (Phi) is 3.73. The molecule has 84 valence electrons. The van der Waals surface area contributed by atoms with Gasteiger partial charge in [0.2, 0.25) is 0 Å². The molecule has 0 fully saturated rings. The van der Waals surface area contributed by atoms with Gasteiger partial charge in [0.25, 0.3) is 0 Å². The fourth-order valence-electron chi connectivity index (χ4n) is 1.60. The second kappa shape index (κ2) is 5.46. The third-order valence-corrected chi connectivity index (χ3v) is 2.76. The van der Waals surface area contributed by atoms with E-state index in [9.17, 15) is 4.79 Å². The van der Waals surface area contributed by atoms with Crippen LogP contribution < -0.4 is 0 Å². The van der Waals surface area contributed by atoms with E-state index in [2.05, 4.69) is 0 Å². The van der Waals surface area contributed by atoms with Crippen molar-refractivity contribution in [3.63, 3.8) is 0 Å². The summed E-state index contributed by atoms with van der Waals surface area (Å²) in [6, 6.07) is 17.0. The number of allylic oxidation sites excluding steroid dienone is 1. The Morgan fingerprint density at radius 2 is 1.59 bits per heavy atom. The highest BCUT2D eigenvalue weighted by Gasteiger charge is 2.04. The second-order valence-corrected chi connectivity index (χ2v) is 4.02. The zero-order valence-electron chi connectivity index (χ0n) is 9.14. The molecule has 0 aliphatic heterocycles. The summed E-state index contributed by atoms with van der Waals surface area (Å²) in [6.07, 6.45) is 2.66. The van der Waals surface area contributed by atoms with Gasteiger partial charge in [-0.1, -0.05) is 60.1 Å². The largest absolute Gasteiger partial charge is 0.298 e. The van der Waals surface area contributed by atoms with E-state index < -0.39 is 0 Å². The van der Waals surface area contributed by atoms with Crippen molar-refractivity contribution in [3.8, 4) is 0 Å². The minimum absolute atomic E-state index is 0.585. The maximum atomic E-state index is 11.1. The maximum absolute atomic E-state index is 11.1. The third-order valence-electron chi connectivity index (χ3n) is 2.43. The van der Waals surface area contributed by atoms with Crippen LogP contribution in [0.3, 0.4) is 0 Å². The molecule has 0 aliphatic carbocycles. The molecule has 0 N–H and O–H groups in total. The van der Waals surface area contributed by atoms with Crippen molar-refractivity contribution in [3.05, 3.63) is 70.7 Å².